The Morgan fingerprint density at radius 1 is 1.33 bits per heavy atom. The first kappa shape index (κ1) is 8.48. The smallest absolute Gasteiger partial charge is 0.0700 e. The van der Waals surface area contributed by atoms with Gasteiger partial charge in [0, 0.05) is 13.5 Å². The summed E-state index contributed by atoms with van der Waals surface area (Å²) in [6, 6.07) is 0. The number of terminal acetylenes is 1. The highest BCUT2D eigenvalue weighted by Gasteiger charge is 1.83. The molecule has 0 saturated heterocycles. The molecular formula is C7H12O2. The fourth-order valence-corrected chi connectivity index (χ4v) is 0.375. The quantitative estimate of drug-likeness (QED) is 0.400. The number of hydrogen-bond acceptors (Lipinski definition) is 2. The fourth-order valence-electron chi connectivity index (χ4n) is 0.375. The highest BCUT2D eigenvalue weighted by molar-refractivity contribution is 4.82. The molecule has 0 aromatic carbocycles. The third-order valence-corrected chi connectivity index (χ3v) is 0.823. The van der Waals surface area contributed by atoms with Crippen LogP contribution in [0.4, 0.5) is 0 Å². The molecule has 0 aliphatic heterocycles. The molecule has 0 heterocycles. The van der Waals surface area contributed by atoms with E-state index in [4.69, 9.17) is 15.9 Å². The minimum absolute atomic E-state index is 0.637. The molecule has 0 aromatic heterocycles. The van der Waals surface area contributed by atoms with E-state index >= 15 is 0 Å². The molecule has 0 fully saturated rings. The van der Waals surface area contributed by atoms with Gasteiger partial charge in [-0.3, -0.25) is 0 Å². The molecule has 0 aromatic rings. The van der Waals surface area contributed by atoms with E-state index in [0.717, 1.165) is 0 Å². The summed E-state index contributed by atoms with van der Waals surface area (Å²) >= 11 is 0. The van der Waals surface area contributed by atoms with Crippen molar-refractivity contribution in [3.05, 3.63) is 0 Å². The zero-order valence-corrected chi connectivity index (χ0v) is 5.72. The van der Waals surface area contributed by atoms with Crippen LogP contribution in [0.15, 0.2) is 0 Å². The Kier molecular flexibility index (Phi) is 7.05. The van der Waals surface area contributed by atoms with Gasteiger partial charge in [-0.2, -0.15) is 0 Å². The molecule has 0 atom stereocenters. The van der Waals surface area contributed by atoms with Crippen LogP contribution in [0.3, 0.4) is 0 Å². The van der Waals surface area contributed by atoms with Crippen LogP contribution < -0.4 is 0 Å². The summed E-state index contributed by atoms with van der Waals surface area (Å²) in [5.74, 6) is 2.48. The Morgan fingerprint density at radius 2 is 2.11 bits per heavy atom. The van der Waals surface area contributed by atoms with Gasteiger partial charge < -0.3 is 9.47 Å². The number of rotatable bonds is 5. The topological polar surface area (TPSA) is 18.5 Å². The van der Waals surface area contributed by atoms with Crippen molar-refractivity contribution in [1.82, 2.24) is 0 Å². The second kappa shape index (κ2) is 7.48. The van der Waals surface area contributed by atoms with E-state index in [-0.39, 0.29) is 0 Å². The zero-order chi connectivity index (χ0) is 6.95. The van der Waals surface area contributed by atoms with Gasteiger partial charge in [0.2, 0.25) is 0 Å². The molecule has 0 radical (unpaired) electrons. The van der Waals surface area contributed by atoms with Gasteiger partial charge in [-0.05, 0) is 0 Å². The predicted octanol–water partition coefficient (Wildman–Crippen LogP) is 0.673. The normalized spacial score (nSPS) is 8.89. The minimum atomic E-state index is 0.637. The molecule has 0 aliphatic carbocycles. The lowest BCUT2D eigenvalue weighted by Gasteiger charge is -1.98. The monoisotopic (exact) mass is 128 g/mol. The lowest BCUT2D eigenvalue weighted by Crippen LogP contribution is -2.02. The summed E-state index contributed by atoms with van der Waals surface area (Å²) in [7, 11) is 1.64. The summed E-state index contributed by atoms with van der Waals surface area (Å²) in [6.07, 6.45) is 5.67. The van der Waals surface area contributed by atoms with E-state index in [2.05, 4.69) is 5.92 Å². The molecule has 0 N–H and O–H groups in total. The lowest BCUT2D eigenvalue weighted by atomic mass is 10.5. The molecule has 0 aliphatic rings. The van der Waals surface area contributed by atoms with Crippen molar-refractivity contribution in [3.63, 3.8) is 0 Å². The van der Waals surface area contributed by atoms with Gasteiger partial charge in [0.15, 0.2) is 0 Å². The van der Waals surface area contributed by atoms with Gasteiger partial charge >= 0.3 is 0 Å². The predicted molar refractivity (Wildman–Crippen MR) is 36.1 cm³/mol. The van der Waals surface area contributed by atoms with E-state index in [0.29, 0.717) is 26.2 Å². The van der Waals surface area contributed by atoms with Crippen molar-refractivity contribution < 1.29 is 9.47 Å². The Bertz CT molecular complexity index is 83.4. The third-order valence-electron chi connectivity index (χ3n) is 0.823. The molecule has 0 saturated carbocycles. The number of methoxy groups -OCH3 is 1. The standard InChI is InChI=1S/C7H12O2/c1-3-4-5-9-7-6-8-2/h1H,4-7H2,2H3. The first-order valence-electron chi connectivity index (χ1n) is 2.92. The largest absolute Gasteiger partial charge is 0.382 e. The SMILES string of the molecule is C#CCCOCCOC. The van der Waals surface area contributed by atoms with Crippen LogP contribution in [-0.2, 0) is 9.47 Å². The Balaban J connectivity index is 2.69. The number of hydrogen-bond donors (Lipinski definition) is 0. The van der Waals surface area contributed by atoms with Crippen LogP contribution >= 0.6 is 0 Å². The second-order valence-electron chi connectivity index (χ2n) is 1.56. The third kappa shape index (κ3) is 7.48. The second-order valence-corrected chi connectivity index (χ2v) is 1.56. The lowest BCUT2D eigenvalue weighted by molar-refractivity contribution is 0.0737. The molecule has 2 heteroatoms. The van der Waals surface area contributed by atoms with Crippen LogP contribution in [0, 0.1) is 12.3 Å². The molecule has 9 heavy (non-hydrogen) atoms. The molecule has 52 valence electrons. The summed E-state index contributed by atoms with van der Waals surface area (Å²) in [4.78, 5) is 0. The van der Waals surface area contributed by atoms with E-state index in [9.17, 15) is 0 Å². The molecule has 2 nitrogen and oxygen atoms in total. The highest BCUT2D eigenvalue weighted by Crippen LogP contribution is 1.79. The Labute approximate surface area is 56.2 Å². The first-order valence-corrected chi connectivity index (χ1v) is 2.92. The summed E-state index contributed by atoms with van der Waals surface area (Å²) in [5.41, 5.74) is 0. The van der Waals surface area contributed by atoms with Gasteiger partial charge in [-0.1, -0.05) is 0 Å². The summed E-state index contributed by atoms with van der Waals surface area (Å²) in [5, 5.41) is 0. The molecular weight excluding hydrogens is 116 g/mol. The van der Waals surface area contributed by atoms with Gasteiger partial charge in [0.1, 0.15) is 0 Å². The number of ether oxygens (including phenoxy) is 2. The maximum Gasteiger partial charge on any atom is 0.0700 e. The van der Waals surface area contributed by atoms with Gasteiger partial charge in [0.05, 0.1) is 19.8 Å². The van der Waals surface area contributed by atoms with Crippen LogP contribution in [-0.4, -0.2) is 26.9 Å². The van der Waals surface area contributed by atoms with Crippen molar-refractivity contribution in [2.75, 3.05) is 26.9 Å². The van der Waals surface area contributed by atoms with Crippen LogP contribution in [0.1, 0.15) is 6.42 Å². The molecule has 0 rings (SSSR count). The average Bonchev–Trinajstić information content (AvgIpc) is 1.89. The summed E-state index contributed by atoms with van der Waals surface area (Å²) < 4.78 is 9.79. The van der Waals surface area contributed by atoms with Crippen LogP contribution in [0.25, 0.3) is 0 Å². The zero-order valence-electron chi connectivity index (χ0n) is 5.72. The maximum absolute atomic E-state index is 5.05. The summed E-state index contributed by atoms with van der Waals surface area (Å²) in [6.45, 7) is 1.92. The molecule has 0 unspecified atom stereocenters. The van der Waals surface area contributed by atoms with E-state index in [1.807, 2.05) is 0 Å². The molecule has 0 amide bonds. The van der Waals surface area contributed by atoms with E-state index in [1.54, 1.807) is 7.11 Å². The van der Waals surface area contributed by atoms with Gasteiger partial charge in [-0.15, -0.1) is 12.3 Å². The minimum Gasteiger partial charge on any atom is -0.382 e. The van der Waals surface area contributed by atoms with E-state index < -0.39 is 0 Å². The van der Waals surface area contributed by atoms with Crippen molar-refractivity contribution in [2.24, 2.45) is 0 Å². The average molecular weight is 128 g/mol. The fraction of sp³-hybridized carbons (Fsp3) is 0.714. The van der Waals surface area contributed by atoms with Crippen LogP contribution in [0.2, 0.25) is 0 Å². The van der Waals surface area contributed by atoms with Crippen molar-refractivity contribution >= 4 is 0 Å². The van der Waals surface area contributed by atoms with Crippen LogP contribution in [0.5, 0.6) is 0 Å². The highest BCUT2D eigenvalue weighted by atomic mass is 16.5. The Morgan fingerprint density at radius 3 is 2.67 bits per heavy atom. The van der Waals surface area contributed by atoms with E-state index in [1.165, 1.54) is 0 Å². The maximum atomic E-state index is 5.05. The van der Waals surface area contributed by atoms with Crippen molar-refractivity contribution in [2.45, 2.75) is 6.42 Å². The first-order chi connectivity index (χ1) is 4.41. The van der Waals surface area contributed by atoms with Crippen molar-refractivity contribution in [3.8, 4) is 12.3 Å². The van der Waals surface area contributed by atoms with Gasteiger partial charge in [0.25, 0.3) is 0 Å². The molecule has 0 bridgehead atoms. The van der Waals surface area contributed by atoms with Crippen molar-refractivity contribution in [1.29, 1.82) is 0 Å². The van der Waals surface area contributed by atoms with Gasteiger partial charge in [-0.25, -0.2) is 0 Å². The molecule has 0 spiro atoms. The Hall–Kier alpha value is -0.520.